The van der Waals surface area contributed by atoms with Crippen LogP contribution in [0.3, 0.4) is 0 Å². The molecule has 0 aliphatic carbocycles. The van der Waals surface area contributed by atoms with Gasteiger partial charge in [-0.25, -0.2) is 8.42 Å². The molecule has 0 spiro atoms. The maximum absolute atomic E-state index is 12.8. The Kier molecular flexibility index (Phi) is 5.27. The van der Waals surface area contributed by atoms with Crippen molar-refractivity contribution in [1.82, 2.24) is 19.0 Å². The van der Waals surface area contributed by atoms with Crippen molar-refractivity contribution in [3.63, 3.8) is 0 Å². The number of sulfonamides is 1. The summed E-state index contributed by atoms with van der Waals surface area (Å²) in [5.41, 5.74) is 3.51. The van der Waals surface area contributed by atoms with Crippen LogP contribution in [0.15, 0.2) is 35.4 Å². The number of benzene rings is 1. The highest BCUT2D eigenvalue weighted by molar-refractivity contribution is 7.89. The summed E-state index contributed by atoms with van der Waals surface area (Å²) in [6, 6.07) is 7.24. The summed E-state index contributed by atoms with van der Waals surface area (Å²) in [5, 5.41) is 4.27. The summed E-state index contributed by atoms with van der Waals surface area (Å²) in [7, 11) is -1.46. The molecule has 2 heterocycles. The van der Waals surface area contributed by atoms with Crippen molar-refractivity contribution in [2.45, 2.75) is 31.7 Å². The van der Waals surface area contributed by atoms with E-state index >= 15 is 0 Å². The molecular formula is C18H26N4O2S. The van der Waals surface area contributed by atoms with E-state index < -0.39 is 10.0 Å². The van der Waals surface area contributed by atoms with E-state index in [4.69, 9.17) is 0 Å². The lowest BCUT2D eigenvalue weighted by Crippen LogP contribution is -2.48. The summed E-state index contributed by atoms with van der Waals surface area (Å²) >= 11 is 0. The number of piperazine rings is 1. The molecule has 0 atom stereocenters. The highest BCUT2D eigenvalue weighted by Gasteiger charge is 2.28. The number of nitrogens with zero attached hydrogens (tertiary/aromatic N) is 4. The Balaban J connectivity index is 1.63. The van der Waals surface area contributed by atoms with E-state index in [2.05, 4.69) is 23.8 Å². The number of rotatable bonds is 5. The molecule has 0 bridgehead atoms. The second kappa shape index (κ2) is 7.27. The fraction of sp³-hybridized carbons (Fsp3) is 0.500. The Bertz CT molecular complexity index is 819. The van der Waals surface area contributed by atoms with Crippen LogP contribution in [-0.2, 0) is 30.0 Å². The monoisotopic (exact) mass is 362 g/mol. The van der Waals surface area contributed by atoms with Gasteiger partial charge in [-0.1, -0.05) is 19.1 Å². The standard InChI is InChI=1S/C18H26N4O2S/c1-4-16-5-7-18(8-6-16)25(23,24)22-11-9-21(10-12-22)14-17-13-19-20(3)15(17)2/h5-8,13H,4,9-12,14H2,1-3H3. The van der Waals surface area contributed by atoms with E-state index in [1.54, 1.807) is 16.4 Å². The zero-order chi connectivity index (χ0) is 18.0. The first kappa shape index (κ1) is 18.1. The van der Waals surface area contributed by atoms with Crippen LogP contribution in [0.2, 0.25) is 0 Å². The third-order valence-corrected chi connectivity index (χ3v) is 6.94. The number of aryl methyl sites for hydroxylation is 2. The number of hydrogen-bond acceptors (Lipinski definition) is 4. The van der Waals surface area contributed by atoms with E-state index in [1.165, 1.54) is 5.56 Å². The van der Waals surface area contributed by atoms with Crippen LogP contribution in [0.25, 0.3) is 0 Å². The number of aromatic nitrogens is 2. The molecule has 0 saturated carbocycles. The molecule has 1 saturated heterocycles. The summed E-state index contributed by atoms with van der Waals surface area (Å²) in [6.45, 7) is 7.46. The van der Waals surface area contributed by atoms with Gasteiger partial charge < -0.3 is 0 Å². The molecule has 7 heteroatoms. The van der Waals surface area contributed by atoms with Gasteiger partial charge in [0.25, 0.3) is 0 Å². The minimum absolute atomic E-state index is 0.390. The molecule has 3 rings (SSSR count). The van der Waals surface area contributed by atoms with Crippen LogP contribution in [0.1, 0.15) is 23.7 Å². The van der Waals surface area contributed by atoms with Gasteiger partial charge in [0.05, 0.1) is 11.1 Å². The van der Waals surface area contributed by atoms with E-state index in [0.717, 1.165) is 37.3 Å². The average molecular weight is 362 g/mol. The molecule has 0 radical (unpaired) electrons. The average Bonchev–Trinajstić information content (AvgIpc) is 2.94. The summed E-state index contributed by atoms with van der Waals surface area (Å²) < 4.78 is 29.1. The molecule has 6 nitrogen and oxygen atoms in total. The summed E-state index contributed by atoms with van der Waals surface area (Å²) in [5.74, 6) is 0. The van der Waals surface area contributed by atoms with Gasteiger partial charge in [-0.3, -0.25) is 9.58 Å². The molecule has 25 heavy (non-hydrogen) atoms. The maximum Gasteiger partial charge on any atom is 0.243 e. The smallest absolute Gasteiger partial charge is 0.243 e. The van der Waals surface area contributed by atoms with Crippen molar-refractivity contribution in [2.24, 2.45) is 7.05 Å². The maximum atomic E-state index is 12.8. The van der Waals surface area contributed by atoms with Crippen LogP contribution < -0.4 is 0 Å². The number of hydrogen-bond donors (Lipinski definition) is 0. The highest BCUT2D eigenvalue weighted by atomic mass is 32.2. The van der Waals surface area contributed by atoms with Gasteiger partial charge in [-0.05, 0) is 31.0 Å². The summed E-state index contributed by atoms with van der Waals surface area (Å²) in [4.78, 5) is 2.68. The summed E-state index contributed by atoms with van der Waals surface area (Å²) in [6.07, 6.45) is 2.81. The molecule has 0 N–H and O–H groups in total. The van der Waals surface area contributed by atoms with Gasteiger partial charge in [0.15, 0.2) is 0 Å². The van der Waals surface area contributed by atoms with Crippen LogP contribution >= 0.6 is 0 Å². The van der Waals surface area contributed by atoms with Crippen molar-refractivity contribution in [1.29, 1.82) is 0 Å². The Morgan fingerprint density at radius 2 is 1.72 bits per heavy atom. The molecule has 0 unspecified atom stereocenters. The molecule has 0 amide bonds. The third-order valence-electron chi connectivity index (χ3n) is 5.03. The molecule has 2 aromatic rings. The van der Waals surface area contributed by atoms with Crippen LogP contribution in [0, 0.1) is 6.92 Å². The lowest BCUT2D eigenvalue weighted by atomic mass is 10.2. The first-order valence-corrected chi connectivity index (χ1v) is 10.1. The van der Waals surface area contributed by atoms with Gasteiger partial charge >= 0.3 is 0 Å². The lowest BCUT2D eigenvalue weighted by molar-refractivity contribution is 0.181. The fourth-order valence-electron chi connectivity index (χ4n) is 3.11. The first-order chi connectivity index (χ1) is 11.9. The van der Waals surface area contributed by atoms with Gasteiger partial charge in [-0.15, -0.1) is 0 Å². The van der Waals surface area contributed by atoms with Crippen molar-refractivity contribution in [3.8, 4) is 0 Å². The van der Waals surface area contributed by atoms with Crippen LogP contribution in [0.4, 0.5) is 0 Å². The quantitative estimate of drug-likeness (QED) is 0.814. The van der Waals surface area contributed by atoms with Gasteiger partial charge in [0.1, 0.15) is 0 Å². The van der Waals surface area contributed by atoms with Gasteiger partial charge in [-0.2, -0.15) is 9.40 Å². The minimum Gasteiger partial charge on any atom is -0.296 e. The second-order valence-corrected chi connectivity index (χ2v) is 8.49. The zero-order valence-corrected chi connectivity index (χ0v) is 16.0. The van der Waals surface area contributed by atoms with Crippen molar-refractivity contribution >= 4 is 10.0 Å². The second-order valence-electron chi connectivity index (χ2n) is 6.56. The van der Waals surface area contributed by atoms with Crippen LogP contribution in [-0.4, -0.2) is 53.6 Å². The van der Waals surface area contributed by atoms with Crippen LogP contribution in [0.5, 0.6) is 0 Å². The Morgan fingerprint density at radius 1 is 1.08 bits per heavy atom. The molecule has 1 aliphatic heterocycles. The zero-order valence-electron chi connectivity index (χ0n) is 15.1. The normalized spacial score (nSPS) is 17.1. The predicted octanol–water partition coefficient (Wildman–Crippen LogP) is 1.80. The third kappa shape index (κ3) is 3.78. The molecule has 1 aliphatic rings. The molecule has 1 fully saturated rings. The Labute approximate surface area is 150 Å². The fourth-order valence-corrected chi connectivity index (χ4v) is 4.54. The first-order valence-electron chi connectivity index (χ1n) is 8.70. The molecule has 1 aromatic carbocycles. The Hall–Kier alpha value is -1.70. The van der Waals surface area contributed by atoms with E-state index in [9.17, 15) is 8.42 Å². The van der Waals surface area contributed by atoms with E-state index in [0.29, 0.717) is 18.0 Å². The molecule has 136 valence electrons. The minimum atomic E-state index is -3.40. The lowest BCUT2D eigenvalue weighted by Gasteiger charge is -2.33. The van der Waals surface area contributed by atoms with E-state index in [-0.39, 0.29) is 0 Å². The van der Waals surface area contributed by atoms with E-state index in [1.807, 2.05) is 30.1 Å². The largest absolute Gasteiger partial charge is 0.296 e. The van der Waals surface area contributed by atoms with Gasteiger partial charge in [0, 0.05) is 51.0 Å². The van der Waals surface area contributed by atoms with Gasteiger partial charge in [0.2, 0.25) is 10.0 Å². The SMILES string of the molecule is CCc1ccc(S(=O)(=O)N2CCN(Cc3cnn(C)c3C)CC2)cc1. The Morgan fingerprint density at radius 3 is 2.24 bits per heavy atom. The topological polar surface area (TPSA) is 58.4 Å². The van der Waals surface area contributed by atoms with Crippen molar-refractivity contribution in [2.75, 3.05) is 26.2 Å². The molecule has 1 aromatic heterocycles. The van der Waals surface area contributed by atoms with Crippen molar-refractivity contribution in [3.05, 3.63) is 47.3 Å². The van der Waals surface area contributed by atoms with Crippen molar-refractivity contribution < 1.29 is 8.42 Å². The predicted molar refractivity (Wildman–Crippen MR) is 97.8 cm³/mol. The highest BCUT2D eigenvalue weighted by Crippen LogP contribution is 2.19. The molecular weight excluding hydrogens is 336 g/mol.